The molecule has 4 aliphatic rings. The molecule has 1 aliphatic carbocycles. The van der Waals surface area contributed by atoms with Crippen molar-refractivity contribution in [3.05, 3.63) is 70.9 Å². The second-order valence-electron chi connectivity index (χ2n) is 16.6. The van der Waals surface area contributed by atoms with E-state index in [1.165, 1.54) is 34.9 Å². The Bertz CT molecular complexity index is 2810. The molecule has 17 nitrogen and oxygen atoms in total. The minimum atomic E-state index is -4.63. The molecule has 3 heterocycles. The number of carbonyl (C=O) groups is 4. The third-order valence-corrected chi connectivity index (χ3v) is 15.4. The van der Waals surface area contributed by atoms with Crippen molar-refractivity contribution >= 4 is 118 Å². The van der Waals surface area contributed by atoms with Gasteiger partial charge in [-0.25, -0.2) is 17.9 Å². The van der Waals surface area contributed by atoms with Crippen molar-refractivity contribution in [3.63, 3.8) is 0 Å². The Morgan fingerprint density at radius 1 is 0.905 bits per heavy atom. The lowest BCUT2D eigenvalue weighted by Crippen LogP contribution is -2.37. The normalized spacial score (nSPS) is 22.1. The van der Waals surface area contributed by atoms with Gasteiger partial charge in [0, 0.05) is 76.3 Å². The van der Waals surface area contributed by atoms with Gasteiger partial charge in [0.1, 0.15) is 0 Å². The number of hydroxylamine groups is 2. The Morgan fingerprint density at radius 3 is 2.08 bits per heavy atom. The fourth-order valence-corrected chi connectivity index (χ4v) is 11.1. The first-order valence-electron chi connectivity index (χ1n) is 19.5. The summed E-state index contributed by atoms with van der Waals surface area (Å²) in [5, 5.41) is -0.192. The smallest absolute Gasteiger partial charge is 0.333 e. The Kier molecular flexibility index (Phi) is 13.2. The standard InChI is InChI=1S/C40H44N4O13S6/c1-39(2)26-17-22(62(51,52)53)10-12-28(26)42(16-8-6-7-9-35(48)57-44-33(46)14-15-34(44)47)30(39)19-24-36(58)25(38(60)37(24)59)20-31-40(3,4)27-18-23(63(54,55)56)11-13-29(27)43(31)21-32(45)41-61(5,49)50/h10-13,17-20,24,36H,6-9,14-16,21H2,1-5H3,(H3-,41,45,51,52,53,54,55,56,58)/p+1/b25-20-,30-19+. The number of anilines is 1. The molecule has 0 spiro atoms. The molecule has 3 N–H and O–H groups in total. The molecular formula is C40H45N4O13S6+. The van der Waals surface area contributed by atoms with Crippen LogP contribution < -0.4 is 9.62 Å². The molecule has 23 heteroatoms. The number of thiol groups is 1. The second kappa shape index (κ2) is 17.3. The number of nitrogens with one attached hydrogen (secondary N) is 1. The van der Waals surface area contributed by atoms with Gasteiger partial charge in [0.25, 0.3) is 38.0 Å². The maximum Gasteiger partial charge on any atom is 0.333 e. The highest BCUT2D eigenvalue weighted by atomic mass is 32.2. The average molecular weight is 982 g/mol. The summed E-state index contributed by atoms with van der Waals surface area (Å²) in [4.78, 5) is 56.2. The topological polar surface area (TPSA) is 242 Å². The Balaban J connectivity index is 1.34. The number of fused-ring (bicyclic) bond motifs is 2. The highest BCUT2D eigenvalue weighted by Crippen LogP contribution is 2.50. The average Bonchev–Trinajstić information content (AvgIpc) is 3.74. The minimum Gasteiger partial charge on any atom is -0.344 e. The van der Waals surface area contributed by atoms with Crippen LogP contribution in [0.4, 0.5) is 11.4 Å². The number of unbranched alkanes of at least 4 members (excludes halogenated alkanes) is 2. The van der Waals surface area contributed by atoms with Crippen molar-refractivity contribution < 1.29 is 63.0 Å². The number of sulfonamides is 1. The van der Waals surface area contributed by atoms with Crippen molar-refractivity contribution in [1.82, 2.24) is 9.79 Å². The molecule has 2 aromatic carbocycles. The van der Waals surface area contributed by atoms with Crippen LogP contribution in [0.1, 0.15) is 77.3 Å². The van der Waals surface area contributed by atoms with Gasteiger partial charge in [-0.05, 0) is 68.2 Å². The fourth-order valence-electron chi connectivity index (χ4n) is 8.31. The Morgan fingerprint density at radius 2 is 1.49 bits per heavy atom. The number of hydrogen-bond donors (Lipinski definition) is 4. The summed E-state index contributed by atoms with van der Waals surface area (Å²) >= 11 is 16.9. The quantitative estimate of drug-likeness (QED) is 0.0397. The summed E-state index contributed by atoms with van der Waals surface area (Å²) in [7, 11) is -13.2. The lowest BCUT2D eigenvalue weighted by molar-refractivity contribution is -0.425. The zero-order chi connectivity index (χ0) is 46.8. The molecule has 1 saturated carbocycles. The Hall–Kier alpha value is -4.23. The van der Waals surface area contributed by atoms with Crippen molar-refractivity contribution in [1.29, 1.82) is 0 Å². The number of thiocarbonyl (C=S) groups is 2. The van der Waals surface area contributed by atoms with Gasteiger partial charge in [-0.15, -0.1) is 5.06 Å². The lowest BCUT2D eigenvalue weighted by atomic mass is 9.80. The summed E-state index contributed by atoms with van der Waals surface area (Å²) < 4.78 is 96.2. The third-order valence-electron chi connectivity index (χ3n) is 11.5. The van der Waals surface area contributed by atoms with Crippen LogP contribution in [0, 0.1) is 5.92 Å². The number of nitrogens with zero attached hydrogens (tertiary/aromatic N) is 3. The van der Waals surface area contributed by atoms with Gasteiger partial charge in [-0.1, -0.05) is 50.8 Å². The summed E-state index contributed by atoms with van der Waals surface area (Å²) in [5.74, 6) is -3.36. The second-order valence-corrected chi connectivity index (χ2v) is 22.6. The first kappa shape index (κ1) is 48.2. The summed E-state index contributed by atoms with van der Waals surface area (Å²) in [6.07, 6.45) is 5.78. The van der Waals surface area contributed by atoms with Crippen LogP contribution in [0.2, 0.25) is 0 Å². The molecule has 338 valence electrons. The lowest BCUT2D eigenvalue weighted by Gasteiger charge is -2.29. The van der Waals surface area contributed by atoms with Gasteiger partial charge in [-0.2, -0.15) is 34.0 Å². The van der Waals surface area contributed by atoms with Crippen molar-refractivity contribution in [2.75, 3.05) is 24.2 Å². The van der Waals surface area contributed by atoms with E-state index < -0.39 is 82.5 Å². The van der Waals surface area contributed by atoms with E-state index in [0.29, 0.717) is 75.2 Å². The molecular weight excluding hydrogens is 937 g/mol. The van der Waals surface area contributed by atoms with Crippen molar-refractivity contribution in [3.8, 4) is 0 Å². The van der Waals surface area contributed by atoms with Gasteiger partial charge in [0.05, 0.1) is 26.3 Å². The number of imide groups is 1. The first-order valence-corrected chi connectivity index (χ1v) is 25.6. The Labute approximate surface area is 381 Å². The maximum atomic E-state index is 13.1. The SMILES string of the molecule is CC1(C)C(/C=C2\C(=S)C(=S)C(/C=C3/N(CCCCCC(=O)ON4C(=O)CCC4=O)c4ccc(S(=O)(=O)O)cc4C3(C)C)C2S)=[N+](CC(=O)NS(C)(=O)=O)c2ccc(S(=O)(=O)O)cc21. The van der Waals surface area contributed by atoms with Gasteiger partial charge in [0.15, 0.2) is 5.71 Å². The number of amides is 3. The summed E-state index contributed by atoms with van der Waals surface area (Å²) in [6, 6.07) is 8.18. The van der Waals surface area contributed by atoms with Gasteiger partial charge in [-0.3, -0.25) is 23.5 Å². The minimum absolute atomic E-state index is 0.0207. The zero-order valence-electron chi connectivity index (χ0n) is 34.6. The predicted molar refractivity (Wildman–Crippen MR) is 242 cm³/mol. The van der Waals surface area contributed by atoms with Crippen molar-refractivity contribution in [2.24, 2.45) is 5.92 Å². The molecule has 3 amide bonds. The van der Waals surface area contributed by atoms with E-state index in [1.807, 2.05) is 29.5 Å². The number of hydrogen-bond acceptors (Lipinski definition) is 15. The number of benzene rings is 2. The van der Waals surface area contributed by atoms with Crippen LogP contribution in [0.25, 0.3) is 0 Å². The molecule has 2 atom stereocenters. The third kappa shape index (κ3) is 9.75. The van der Waals surface area contributed by atoms with Gasteiger partial charge in [0.2, 0.25) is 22.3 Å². The largest absolute Gasteiger partial charge is 0.344 e. The summed E-state index contributed by atoms with van der Waals surface area (Å²) in [6.45, 7) is 7.19. The molecule has 0 radical (unpaired) electrons. The summed E-state index contributed by atoms with van der Waals surface area (Å²) in [5.41, 5.74) is 1.75. The van der Waals surface area contributed by atoms with Crippen LogP contribution in [0.5, 0.6) is 0 Å². The highest BCUT2D eigenvalue weighted by Gasteiger charge is 2.49. The molecule has 0 aromatic heterocycles. The van der Waals surface area contributed by atoms with E-state index in [9.17, 15) is 53.5 Å². The van der Waals surface area contributed by atoms with Crippen LogP contribution in [0.3, 0.4) is 0 Å². The van der Waals surface area contributed by atoms with Crippen LogP contribution >= 0.6 is 37.1 Å². The van der Waals surface area contributed by atoms with E-state index in [2.05, 4.69) is 0 Å². The van der Waals surface area contributed by atoms with E-state index in [0.717, 1.165) is 6.26 Å². The van der Waals surface area contributed by atoms with Gasteiger partial charge >= 0.3 is 5.97 Å². The van der Waals surface area contributed by atoms with Crippen molar-refractivity contribution in [2.45, 2.75) is 92.1 Å². The molecule has 6 rings (SSSR count). The number of rotatable bonds is 14. The van der Waals surface area contributed by atoms with E-state index in [-0.39, 0.29) is 33.9 Å². The zero-order valence-corrected chi connectivity index (χ0v) is 39.6. The predicted octanol–water partition coefficient (Wildman–Crippen LogP) is 4.08. The molecule has 3 aliphatic heterocycles. The monoisotopic (exact) mass is 981 g/mol. The molecule has 2 aromatic rings. The van der Waals surface area contributed by atoms with Crippen LogP contribution in [0.15, 0.2) is 69.6 Å². The molecule has 1 saturated heterocycles. The van der Waals surface area contributed by atoms with E-state index in [1.54, 1.807) is 26.0 Å². The molecule has 0 bridgehead atoms. The molecule has 2 unspecified atom stereocenters. The molecule has 63 heavy (non-hydrogen) atoms. The number of allylic oxidation sites excluding steroid dienone is 3. The number of carbonyl (C=O) groups excluding carboxylic acids is 4. The van der Waals surface area contributed by atoms with E-state index >= 15 is 0 Å². The molecule has 2 fully saturated rings. The first-order chi connectivity index (χ1) is 29.0. The van der Waals surface area contributed by atoms with E-state index in [4.69, 9.17) is 41.9 Å². The van der Waals surface area contributed by atoms with Crippen LogP contribution in [-0.2, 0) is 65.1 Å². The highest BCUT2D eigenvalue weighted by molar-refractivity contribution is 7.90. The van der Waals surface area contributed by atoms with Gasteiger partial charge < -0.3 is 9.74 Å². The van der Waals surface area contributed by atoms with Crippen LogP contribution in [-0.4, -0.2) is 108 Å². The fraction of sp³-hybridized carbons (Fsp3) is 0.425. The maximum absolute atomic E-state index is 13.1.